The van der Waals surface area contributed by atoms with Crippen molar-refractivity contribution in [3.63, 3.8) is 0 Å². The molecule has 2 aromatic rings. The summed E-state index contributed by atoms with van der Waals surface area (Å²) in [5.41, 5.74) is 2.91. The summed E-state index contributed by atoms with van der Waals surface area (Å²) >= 11 is 0. The lowest BCUT2D eigenvalue weighted by Crippen LogP contribution is -2.21. The van der Waals surface area contributed by atoms with Crippen molar-refractivity contribution in [2.24, 2.45) is 0 Å². The van der Waals surface area contributed by atoms with Gasteiger partial charge < -0.3 is 14.4 Å². The summed E-state index contributed by atoms with van der Waals surface area (Å²) in [6, 6.07) is 5.83. The predicted molar refractivity (Wildman–Crippen MR) is 78.6 cm³/mol. The number of ether oxygens (including phenoxy) is 1. The highest BCUT2D eigenvalue weighted by Gasteiger charge is 2.29. The van der Waals surface area contributed by atoms with Gasteiger partial charge in [0.05, 0.1) is 12.8 Å². The van der Waals surface area contributed by atoms with Crippen molar-refractivity contribution in [1.29, 1.82) is 0 Å². The molecule has 5 heteroatoms. The number of methoxy groups -OCH3 is 1. The molecule has 0 bridgehead atoms. The first-order valence-electron chi connectivity index (χ1n) is 7.05. The Kier molecular flexibility index (Phi) is 3.41. The number of aryl methyl sites for hydroxylation is 2. The monoisotopic (exact) mass is 286 g/mol. The van der Waals surface area contributed by atoms with Crippen LogP contribution in [0.15, 0.2) is 24.4 Å². The number of nitrogens with zero attached hydrogens (tertiary/aromatic N) is 2. The van der Waals surface area contributed by atoms with Crippen LogP contribution in [0.3, 0.4) is 0 Å². The van der Waals surface area contributed by atoms with Crippen LogP contribution in [-0.4, -0.2) is 27.7 Å². The molecule has 0 amide bonds. The van der Waals surface area contributed by atoms with Crippen molar-refractivity contribution in [1.82, 2.24) is 9.55 Å². The molecular weight excluding hydrogens is 268 g/mol. The minimum atomic E-state index is -0.792. The van der Waals surface area contributed by atoms with Crippen molar-refractivity contribution < 1.29 is 14.6 Å². The van der Waals surface area contributed by atoms with Crippen LogP contribution in [0.4, 0.5) is 0 Å². The Morgan fingerprint density at radius 2 is 2.29 bits per heavy atom. The van der Waals surface area contributed by atoms with E-state index in [1.807, 2.05) is 35.9 Å². The van der Waals surface area contributed by atoms with E-state index in [2.05, 4.69) is 4.98 Å². The molecule has 110 valence electrons. The van der Waals surface area contributed by atoms with Crippen molar-refractivity contribution in [3.8, 4) is 17.0 Å². The van der Waals surface area contributed by atoms with E-state index in [4.69, 9.17) is 4.74 Å². The van der Waals surface area contributed by atoms with Gasteiger partial charge in [-0.25, -0.2) is 4.98 Å². The summed E-state index contributed by atoms with van der Waals surface area (Å²) in [5, 5.41) is 9.32. The summed E-state index contributed by atoms with van der Waals surface area (Å²) in [7, 11) is 1.64. The van der Waals surface area contributed by atoms with E-state index >= 15 is 0 Å². The third kappa shape index (κ3) is 2.39. The van der Waals surface area contributed by atoms with Gasteiger partial charge in [-0.3, -0.25) is 4.79 Å². The number of aliphatic carboxylic acids is 1. The van der Waals surface area contributed by atoms with Gasteiger partial charge in [-0.1, -0.05) is 0 Å². The molecule has 0 saturated heterocycles. The molecule has 1 atom stereocenters. The number of carboxylic acid groups (broad SMARTS) is 1. The number of aromatic nitrogens is 2. The molecule has 0 radical (unpaired) electrons. The summed E-state index contributed by atoms with van der Waals surface area (Å²) in [4.78, 5) is 15.9. The largest absolute Gasteiger partial charge is 0.497 e. The Morgan fingerprint density at radius 3 is 2.95 bits per heavy atom. The lowest BCUT2D eigenvalue weighted by Gasteiger charge is -2.19. The lowest BCUT2D eigenvalue weighted by atomic mass is 9.99. The average molecular weight is 286 g/mol. The van der Waals surface area contributed by atoms with Gasteiger partial charge in [-0.2, -0.15) is 0 Å². The first-order valence-corrected chi connectivity index (χ1v) is 7.05. The number of carboxylic acids is 1. The smallest absolute Gasteiger partial charge is 0.314 e. The Hall–Kier alpha value is -2.30. The zero-order chi connectivity index (χ0) is 15.0. The number of fused-ring (bicyclic) bond motifs is 1. The minimum absolute atomic E-state index is 0.494. The van der Waals surface area contributed by atoms with Gasteiger partial charge in [-0.15, -0.1) is 0 Å². The van der Waals surface area contributed by atoms with E-state index in [0.29, 0.717) is 12.2 Å². The van der Waals surface area contributed by atoms with Gasteiger partial charge in [0.1, 0.15) is 17.5 Å². The number of hydrogen-bond donors (Lipinski definition) is 1. The molecule has 3 rings (SSSR count). The second kappa shape index (κ2) is 5.24. The third-order valence-corrected chi connectivity index (χ3v) is 4.02. The van der Waals surface area contributed by atoms with Gasteiger partial charge in [0, 0.05) is 18.3 Å². The highest BCUT2D eigenvalue weighted by atomic mass is 16.5. The first kappa shape index (κ1) is 13.7. The van der Waals surface area contributed by atoms with Crippen LogP contribution in [0.25, 0.3) is 11.3 Å². The molecule has 0 spiro atoms. The third-order valence-electron chi connectivity index (χ3n) is 4.02. The van der Waals surface area contributed by atoms with Gasteiger partial charge in [-0.05, 0) is 43.5 Å². The Labute approximate surface area is 123 Å². The molecule has 1 aliphatic rings. The molecule has 1 aliphatic heterocycles. The van der Waals surface area contributed by atoms with E-state index in [1.165, 1.54) is 0 Å². The van der Waals surface area contributed by atoms with Gasteiger partial charge in [0.15, 0.2) is 0 Å². The van der Waals surface area contributed by atoms with E-state index in [9.17, 15) is 9.90 Å². The molecule has 1 aromatic heterocycles. The standard InChI is InChI=1S/C16H18N2O3/c1-10-8-11(21-2)5-6-12(10)14-9-18-7-3-4-13(16(19)20)15(18)17-14/h5-6,8-9,13H,3-4,7H2,1-2H3,(H,19,20). The summed E-state index contributed by atoms with van der Waals surface area (Å²) in [6.45, 7) is 2.84. The molecule has 1 N–H and O–H groups in total. The SMILES string of the molecule is COc1ccc(-c2cn3c(n2)C(C(=O)O)CCC3)c(C)c1. The van der Waals surface area contributed by atoms with Crippen LogP contribution in [0, 0.1) is 6.92 Å². The van der Waals surface area contributed by atoms with Crippen LogP contribution >= 0.6 is 0 Å². The first-order chi connectivity index (χ1) is 10.1. The van der Waals surface area contributed by atoms with E-state index in [0.717, 1.165) is 35.5 Å². The van der Waals surface area contributed by atoms with E-state index in [-0.39, 0.29) is 0 Å². The normalized spacial score (nSPS) is 17.3. The predicted octanol–water partition coefficient (Wildman–Crippen LogP) is 2.83. The fraction of sp³-hybridized carbons (Fsp3) is 0.375. The number of rotatable bonds is 3. The molecule has 0 saturated carbocycles. The van der Waals surface area contributed by atoms with Crippen molar-refractivity contribution >= 4 is 5.97 Å². The number of benzene rings is 1. The van der Waals surface area contributed by atoms with Crippen molar-refractivity contribution in [2.75, 3.05) is 7.11 Å². The molecule has 21 heavy (non-hydrogen) atoms. The maximum absolute atomic E-state index is 11.3. The summed E-state index contributed by atoms with van der Waals surface area (Å²) < 4.78 is 7.19. The number of carbonyl (C=O) groups is 1. The molecule has 0 fully saturated rings. The maximum Gasteiger partial charge on any atom is 0.314 e. The van der Waals surface area contributed by atoms with Gasteiger partial charge in [0.2, 0.25) is 0 Å². The Bertz CT molecular complexity index is 691. The second-order valence-corrected chi connectivity index (χ2v) is 5.39. The van der Waals surface area contributed by atoms with Crippen LogP contribution < -0.4 is 4.74 Å². The van der Waals surface area contributed by atoms with Crippen molar-refractivity contribution in [3.05, 3.63) is 35.8 Å². The van der Waals surface area contributed by atoms with E-state index < -0.39 is 11.9 Å². The molecule has 1 aromatic carbocycles. The molecule has 5 nitrogen and oxygen atoms in total. The molecular formula is C16H18N2O3. The molecule has 2 heterocycles. The van der Waals surface area contributed by atoms with Crippen molar-refractivity contribution in [2.45, 2.75) is 32.2 Å². The van der Waals surface area contributed by atoms with Crippen LogP contribution in [0.1, 0.15) is 30.1 Å². The highest BCUT2D eigenvalue weighted by Crippen LogP contribution is 2.32. The van der Waals surface area contributed by atoms with E-state index in [1.54, 1.807) is 7.11 Å². The second-order valence-electron chi connectivity index (χ2n) is 5.39. The molecule has 1 unspecified atom stereocenters. The zero-order valence-electron chi connectivity index (χ0n) is 12.2. The molecule has 0 aliphatic carbocycles. The highest BCUT2D eigenvalue weighted by molar-refractivity contribution is 5.76. The number of hydrogen-bond acceptors (Lipinski definition) is 3. The lowest BCUT2D eigenvalue weighted by molar-refractivity contribution is -0.139. The maximum atomic E-state index is 11.3. The summed E-state index contributed by atoms with van der Waals surface area (Å²) in [6.07, 6.45) is 3.49. The number of imidazole rings is 1. The van der Waals surface area contributed by atoms with Crippen LogP contribution in [0.2, 0.25) is 0 Å². The Morgan fingerprint density at radius 1 is 1.48 bits per heavy atom. The van der Waals surface area contributed by atoms with Gasteiger partial charge >= 0.3 is 5.97 Å². The quantitative estimate of drug-likeness (QED) is 0.942. The van der Waals surface area contributed by atoms with Crippen LogP contribution in [0.5, 0.6) is 5.75 Å². The fourth-order valence-corrected chi connectivity index (χ4v) is 2.90. The minimum Gasteiger partial charge on any atom is -0.497 e. The topological polar surface area (TPSA) is 64.4 Å². The average Bonchev–Trinajstić information content (AvgIpc) is 2.90. The fourth-order valence-electron chi connectivity index (χ4n) is 2.90. The van der Waals surface area contributed by atoms with Gasteiger partial charge in [0.25, 0.3) is 0 Å². The Balaban J connectivity index is 2.03. The van der Waals surface area contributed by atoms with Crippen LogP contribution in [-0.2, 0) is 11.3 Å². The zero-order valence-corrected chi connectivity index (χ0v) is 12.2. The summed E-state index contributed by atoms with van der Waals surface area (Å²) in [5.74, 6) is 0.188.